The number of aliphatic carboxylic acids is 1. The van der Waals surface area contributed by atoms with Crippen LogP contribution in [-0.4, -0.2) is 27.9 Å². The van der Waals surface area contributed by atoms with Crippen molar-refractivity contribution in [3.05, 3.63) is 47.7 Å². The number of aromatic nitrogens is 1. The number of benzene rings is 1. The highest BCUT2D eigenvalue weighted by atomic mass is 16.4. The molecule has 1 aromatic heterocycles. The van der Waals surface area contributed by atoms with E-state index in [1.807, 2.05) is 49.4 Å². The molecule has 0 radical (unpaired) electrons. The fourth-order valence-electron chi connectivity index (χ4n) is 2.02. The maximum atomic E-state index is 12.0. The summed E-state index contributed by atoms with van der Waals surface area (Å²) in [7, 11) is 0. The number of allylic oxidation sites excluding steroid dienone is 1. The second-order valence-electron chi connectivity index (χ2n) is 5.25. The molecule has 0 aliphatic heterocycles. The van der Waals surface area contributed by atoms with E-state index in [0.29, 0.717) is 0 Å². The van der Waals surface area contributed by atoms with Crippen molar-refractivity contribution in [2.75, 3.05) is 0 Å². The van der Waals surface area contributed by atoms with E-state index in [4.69, 9.17) is 10.8 Å². The molecule has 2 atom stereocenters. The number of nitrogens with two attached hydrogens (primary N) is 1. The number of hydrogen-bond acceptors (Lipinski definition) is 4. The molecule has 2 aromatic rings. The summed E-state index contributed by atoms with van der Waals surface area (Å²) in [6, 6.07) is 9.08. The zero-order chi connectivity index (χ0) is 16.3. The average molecular weight is 298 g/mol. The second kappa shape index (κ2) is 6.49. The number of hydrogen-bond donors (Lipinski definition) is 2. The Balaban J connectivity index is 0.000000254. The molecule has 0 spiro atoms. The quantitative estimate of drug-likeness (QED) is 0.843. The summed E-state index contributed by atoms with van der Waals surface area (Å²) in [4.78, 5) is 26.0. The molecule has 3 N–H and O–H groups in total. The van der Waals surface area contributed by atoms with Crippen LogP contribution < -0.4 is 5.73 Å². The summed E-state index contributed by atoms with van der Waals surface area (Å²) >= 11 is 0. The molecule has 1 unspecified atom stereocenters. The van der Waals surface area contributed by atoms with E-state index >= 15 is 0 Å². The van der Waals surface area contributed by atoms with Gasteiger partial charge in [-0.05, 0) is 25.1 Å². The van der Waals surface area contributed by atoms with Gasteiger partial charge in [-0.25, -0.2) is 4.98 Å². The third kappa shape index (κ3) is 3.38. The highest BCUT2D eigenvalue weighted by Crippen LogP contribution is 2.24. The molecule has 114 valence electrons. The Morgan fingerprint density at radius 2 is 2.00 bits per heavy atom. The molecule has 3 rings (SSSR count). The van der Waals surface area contributed by atoms with E-state index in [1.165, 1.54) is 6.92 Å². The van der Waals surface area contributed by atoms with E-state index in [0.717, 1.165) is 22.2 Å². The van der Waals surface area contributed by atoms with Crippen LogP contribution in [0, 0.1) is 5.92 Å². The number of carbonyl (C=O) groups excluding carboxylic acids is 1. The smallest absolute Gasteiger partial charge is 0.320 e. The minimum atomic E-state index is -0.963. The Hall–Kier alpha value is -2.53. The Labute approximate surface area is 128 Å². The van der Waals surface area contributed by atoms with Gasteiger partial charge in [-0.1, -0.05) is 31.2 Å². The van der Waals surface area contributed by atoms with Crippen LogP contribution in [0.1, 0.15) is 29.9 Å². The zero-order valence-corrected chi connectivity index (χ0v) is 12.5. The molecule has 1 aliphatic carbocycles. The molecule has 0 amide bonds. The molecular formula is C17H18N2O3. The first-order valence-corrected chi connectivity index (χ1v) is 7.00. The normalized spacial score (nSPS) is 17.4. The first-order valence-electron chi connectivity index (χ1n) is 7.00. The van der Waals surface area contributed by atoms with Crippen LogP contribution in [0.5, 0.6) is 0 Å². The first-order chi connectivity index (χ1) is 10.4. The lowest BCUT2D eigenvalue weighted by atomic mass is 9.91. The fourth-order valence-corrected chi connectivity index (χ4v) is 2.02. The Bertz CT molecular complexity index is 751. The highest BCUT2D eigenvalue weighted by Gasteiger charge is 2.20. The molecule has 5 heteroatoms. The maximum absolute atomic E-state index is 12.0. The highest BCUT2D eigenvalue weighted by molar-refractivity contribution is 6.06. The van der Waals surface area contributed by atoms with Crippen LogP contribution in [0.2, 0.25) is 0 Å². The molecule has 0 saturated carbocycles. The fraction of sp³-hybridized carbons (Fsp3) is 0.235. The lowest BCUT2D eigenvalue weighted by molar-refractivity contribution is -0.138. The SMILES string of the molecule is CC1C=Cc2nc3ccccc3cc2C1=O.C[C@H](N)C(=O)O. The summed E-state index contributed by atoms with van der Waals surface area (Å²) in [6.07, 6.45) is 3.85. The molecule has 0 saturated heterocycles. The summed E-state index contributed by atoms with van der Waals surface area (Å²) in [6.45, 7) is 3.33. The third-order valence-corrected chi connectivity index (χ3v) is 3.36. The molecule has 1 aromatic carbocycles. The van der Waals surface area contributed by atoms with Crippen molar-refractivity contribution in [1.29, 1.82) is 0 Å². The topological polar surface area (TPSA) is 93.3 Å². The van der Waals surface area contributed by atoms with E-state index in [9.17, 15) is 9.59 Å². The molecule has 22 heavy (non-hydrogen) atoms. The van der Waals surface area contributed by atoms with E-state index in [2.05, 4.69) is 4.98 Å². The standard InChI is InChI=1S/C14H11NO.C3H7NO2/c1-9-6-7-13-11(14(9)16)8-10-4-2-3-5-12(10)15-13;1-2(4)3(5)6/h2-9H,1H3;2H,4H2,1H3,(H,5,6)/t;2-/m.0/s1. The summed E-state index contributed by atoms with van der Waals surface area (Å²) < 4.78 is 0. The second-order valence-corrected chi connectivity index (χ2v) is 5.25. The van der Waals surface area contributed by atoms with Crippen molar-refractivity contribution in [1.82, 2.24) is 4.98 Å². The van der Waals surface area contributed by atoms with Crippen LogP contribution in [0.15, 0.2) is 36.4 Å². The zero-order valence-electron chi connectivity index (χ0n) is 12.5. The molecular weight excluding hydrogens is 280 g/mol. The van der Waals surface area contributed by atoms with Gasteiger partial charge in [0.05, 0.1) is 11.2 Å². The Morgan fingerprint density at radius 3 is 2.64 bits per heavy atom. The predicted octanol–water partition coefficient (Wildman–Crippen LogP) is 2.50. The summed E-state index contributed by atoms with van der Waals surface area (Å²) in [5.74, 6) is -0.832. The van der Waals surface area contributed by atoms with Crippen LogP contribution >= 0.6 is 0 Å². The summed E-state index contributed by atoms with van der Waals surface area (Å²) in [5.41, 5.74) is 7.31. The van der Waals surface area contributed by atoms with Gasteiger partial charge in [-0.15, -0.1) is 0 Å². The lowest BCUT2D eigenvalue weighted by Gasteiger charge is -2.14. The lowest BCUT2D eigenvalue weighted by Crippen LogP contribution is -2.25. The molecule has 0 bridgehead atoms. The monoisotopic (exact) mass is 298 g/mol. The van der Waals surface area contributed by atoms with Gasteiger partial charge in [0.1, 0.15) is 6.04 Å². The van der Waals surface area contributed by atoms with Crippen molar-refractivity contribution < 1.29 is 14.7 Å². The number of ketones is 1. The number of carboxylic acid groups (broad SMARTS) is 1. The van der Waals surface area contributed by atoms with Gasteiger partial charge in [0.15, 0.2) is 5.78 Å². The molecule has 1 heterocycles. The van der Waals surface area contributed by atoms with Gasteiger partial charge in [0.25, 0.3) is 0 Å². The van der Waals surface area contributed by atoms with Gasteiger partial charge in [0, 0.05) is 16.9 Å². The Morgan fingerprint density at radius 1 is 1.36 bits per heavy atom. The maximum Gasteiger partial charge on any atom is 0.320 e. The minimum Gasteiger partial charge on any atom is -0.480 e. The van der Waals surface area contributed by atoms with Crippen LogP contribution in [0.3, 0.4) is 0 Å². The minimum absolute atomic E-state index is 0.0320. The van der Waals surface area contributed by atoms with E-state index in [1.54, 1.807) is 0 Å². The number of carbonyl (C=O) groups is 2. The molecule has 5 nitrogen and oxygen atoms in total. The number of para-hydroxylation sites is 1. The number of pyridine rings is 1. The van der Waals surface area contributed by atoms with Gasteiger partial charge in [-0.2, -0.15) is 0 Å². The van der Waals surface area contributed by atoms with E-state index in [-0.39, 0.29) is 11.7 Å². The van der Waals surface area contributed by atoms with Crippen molar-refractivity contribution in [3.63, 3.8) is 0 Å². The average Bonchev–Trinajstić information content (AvgIpc) is 2.50. The van der Waals surface area contributed by atoms with Crippen molar-refractivity contribution in [2.45, 2.75) is 19.9 Å². The van der Waals surface area contributed by atoms with E-state index < -0.39 is 12.0 Å². The summed E-state index contributed by atoms with van der Waals surface area (Å²) in [5, 5.41) is 8.89. The van der Waals surface area contributed by atoms with Crippen LogP contribution in [0.4, 0.5) is 0 Å². The number of fused-ring (bicyclic) bond motifs is 2. The van der Waals surface area contributed by atoms with Crippen molar-refractivity contribution in [2.24, 2.45) is 11.7 Å². The molecule has 0 fully saturated rings. The van der Waals surface area contributed by atoms with Crippen LogP contribution in [-0.2, 0) is 4.79 Å². The predicted molar refractivity (Wildman–Crippen MR) is 85.6 cm³/mol. The van der Waals surface area contributed by atoms with Gasteiger partial charge < -0.3 is 10.8 Å². The third-order valence-electron chi connectivity index (χ3n) is 3.36. The van der Waals surface area contributed by atoms with Gasteiger partial charge in [0.2, 0.25) is 0 Å². The van der Waals surface area contributed by atoms with Gasteiger partial charge >= 0.3 is 5.97 Å². The van der Waals surface area contributed by atoms with Crippen molar-refractivity contribution >= 4 is 28.7 Å². The first kappa shape index (κ1) is 15.9. The largest absolute Gasteiger partial charge is 0.480 e. The molecule has 1 aliphatic rings. The number of nitrogens with zero attached hydrogens (tertiary/aromatic N) is 1. The number of Topliss-reactive ketones (excluding diaryl/α,β-unsaturated/α-hetero) is 1. The van der Waals surface area contributed by atoms with Gasteiger partial charge in [-0.3, -0.25) is 9.59 Å². The Kier molecular flexibility index (Phi) is 4.68. The van der Waals surface area contributed by atoms with Crippen molar-refractivity contribution in [3.8, 4) is 0 Å². The van der Waals surface area contributed by atoms with Crippen LogP contribution in [0.25, 0.3) is 17.0 Å². The number of rotatable bonds is 1. The number of carboxylic acids is 1.